The Kier molecular flexibility index (Phi) is 10.5. The summed E-state index contributed by atoms with van der Waals surface area (Å²) in [5.74, 6) is 0. The second-order valence-electron chi connectivity index (χ2n) is 32.5. The standard InChI is InChI=1S/C86H80/c1-81(2,3)49-35-47(36-50(39-49)82(4,5)6)73-69-43-65-59-27-25-57-55-23-19-21-45-22-20-24-56(71(45)55)58-26-28-60(76(59)75(57)58)66(65)44-70(69)74(48-37-51(83(7,8)9)40-52(38-48)84(10,11)12)80-64-32-30-62-68-42-54(86(16,17)18)34-46-33-53(85(13,14)15)41-67(72(46)68)61-29-31-63(79(73)80)78(64)77(61)62/h19-44H,1-18H3. The molecule has 0 unspecified atom stereocenters. The van der Waals surface area contributed by atoms with Crippen LogP contribution in [-0.2, 0) is 32.5 Å². The van der Waals surface area contributed by atoms with Crippen molar-refractivity contribution in [3.63, 3.8) is 0 Å². The van der Waals surface area contributed by atoms with E-state index in [0.717, 1.165) is 0 Å². The highest BCUT2D eigenvalue weighted by molar-refractivity contribution is 6.48. The van der Waals surface area contributed by atoms with Crippen molar-refractivity contribution in [3.05, 3.63) is 191 Å². The van der Waals surface area contributed by atoms with Gasteiger partial charge in [-0.1, -0.05) is 258 Å². The van der Waals surface area contributed by atoms with Gasteiger partial charge in [0.2, 0.25) is 0 Å². The van der Waals surface area contributed by atoms with Crippen molar-refractivity contribution < 1.29 is 0 Å². The van der Waals surface area contributed by atoms with Crippen molar-refractivity contribution in [3.8, 4) is 22.3 Å². The zero-order chi connectivity index (χ0) is 60.2. The Bertz CT molecular complexity index is 5200. The van der Waals surface area contributed by atoms with Gasteiger partial charge in [-0.2, -0.15) is 0 Å². The molecule has 86 heavy (non-hydrogen) atoms. The number of hydrogen-bond acceptors (Lipinski definition) is 0. The molecule has 16 aromatic rings. The van der Waals surface area contributed by atoms with Crippen LogP contribution in [0.4, 0.5) is 0 Å². The maximum atomic E-state index is 2.67. The van der Waals surface area contributed by atoms with E-state index in [-0.39, 0.29) is 32.5 Å². The Balaban J connectivity index is 1.18. The maximum absolute atomic E-state index is 2.67. The molecule has 0 radical (unpaired) electrons. The third-order valence-electron chi connectivity index (χ3n) is 20.6. The number of benzene rings is 14. The summed E-state index contributed by atoms with van der Waals surface area (Å²) in [5, 5.41) is 35.0. The van der Waals surface area contributed by atoms with E-state index in [2.05, 4.69) is 282 Å². The van der Waals surface area contributed by atoms with Crippen LogP contribution in [0.1, 0.15) is 158 Å². The summed E-state index contributed by atoms with van der Waals surface area (Å²) in [7, 11) is 0. The molecule has 0 spiro atoms. The molecule has 0 nitrogen and oxygen atoms in total. The van der Waals surface area contributed by atoms with Crippen LogP contribution in [0, 0.1) is 0 Å². The molecule has 0 heterocycles. The van der Waals surface area contributed by atoms with Crippen LogP contribution >= 0.6 is 0 Å². The topological polar surface area (TPSA) is 0 Å². The predicted octanol–water partition coefficient (Wildman–Crippen LogP) is 25.5. The van der Waals surface area contributed by atoms with Crippen LogP contribution in [0.25, 0.3) is 162 Å². The fraction of sp³-hybridized carbons (Fsp3) is 0.279. The van der Waals surface area contributed by atoms with E-state index < -0.39 is 0 Å². The minimum atomic E-state index is -0.0937. The van der Waals surface area contributed by atoms with Crippen molar-refractivity contribution in [1.29, 1.82) is 0 Å². The van der Waals surface area contributed by atoms with Crippen LogP contribution < -0.4 is 0 Å². The van der Waals surface area contributed by atoms with E-state index in [1.807, 2.05) is 0 Å². The van der Waals surface area contributed by atoms with Crippen molar-refractivity contribution in [2.75, 3.05) is 0 Å². The third-order valence-corrected chi connectivity index (χ3v) is 20.6. The van der Waals surface area contributed by atoms with E-state index in [1.54, 1.807) is 0 Å². The molecule has 0 atom stereocenters. The lowest BCUT2D eigenvalue weighted by molar-refractivity contribution is 0.568. The summed E-state index contributed by atoms with van der Waals surface area (Å²) < 4.78 is 0. The highest BCUT2D eigenvalue weighted by Crippen LogP contribution is 2.58. The summed E-state index contributed by atoms with van der Waals surface area (Å²) in [6.07, 6.45) is 0. The second kappa shape index (κ2) is 16.9. The van der Waals surface area contributed by atoms with Gasteiger partial charge < -0.3 is 0 Å². The Hall–Kier alpha value is -8.06. The van der Waals surface area contributed by atoms with E-state index in [0.29, 0.717) is 0 Å². The fourth-order valence-corrected chi connectivity index (χ4v) is 15.7. The normalized spacial score (nSPS) is 13.9. The monoisotopic (exact) mass is 1110 g/mol. The minimum Gasteiger partial charge on any atom is -0.0610 e. The fourth-order valence-electron chi connectivity index (χ4n) is 15.7. The molecule has 0 bridgehead atoms. The molecule has 0 aliphatic carbocycles. The number of hydrogen-bond donors (Lipinski definition) is 0. The van der Waals surface area contributed by atoms with E-state index in [4.69, 9.17) is 0 Å². The quantitative estimate of drug-likeness (QED) is 0.120. The van der Waals surface area contributed by atoms with Gasteiger partial charge in [-0.15, -0.1) is 0 Å². The van der Waals surface area contributed by atoms with Gasteiger partial charge in [0, 0.05) is 0 Å². The first-order valence-corrected chi connectivity index (χ1v) is 31.8. The maximum Gasteiger partial charge on any atom is -0.000740 e. The van der Waals surface area contributed by atoms with Crippen LogP contribution in [-0.4, -0.2) is 0 Å². The average molecular weight is 1110 g/mol. The first kappa shape index (κ1) is 53.4. The summed E-state index contributed by atoms with van der Waals surface area (Å²) in [6, 6.07) is 64.5. The smallest absolute Gasteiger partial charge is 0.000740 e. The molecule has 0 heteroatoms. The first-order valence-electron chi connectivity index (χ1n) is 31.8. The molecule has 0 saturated heterocycles. The summed E-state index contributed by atoms with van der Waals surface area (Å²) in [6.45, 7) is 43.0. The van der Waals surface area contributed by atoms with E-state index >= 15 is 0 Å². The molecule has 16 rings (SSSR count). The van der Waals surface area contributed by atoms with Crippen molar-refractivity contribution in [2.45, 2.75) is 157 Å². The largest absolute Gasteiger partial charge is 0.0610 e. The van der Waals surface area contributed by atoms with Gasteiger partial charge in [0.1, 0.15) is 0 Å². The molecule has 0 aliphatic heterocycles. The number of fused-ring (bicyclic) bond motifs is 11. The average Bonchev–Trinajstić information content (AvgIpc) is 1.46. The SMILES string of the molecule is CC(C)(C)c1cc(-c2c3cc4c(cc3c(-c3cc(C(C)(C)C)cc(C(C)(C)C)c3)c3c5ccc6c7cc(C(C)(C)C)cc8cc(C(C)(C)C)cc(c9ccc(c23)c5c96)c87)c2ccc3c5cccc6cccc(c7ccc4c2c73)c65)cc(C(C)(C)C)c1. The summed E-state index contributed by atoms with van der Waals surface area (Å²) in [5.41, 5.74) is 13.0. The number of rotatable bonds is 2. The minimum absolute atomic E-state index is 0.0364. The van der Waals surface area contributed by atoms with Gasteiger partial charge in [-0.05, 0) is 252 Å². The molecule has 0 N–H and O–H groups in total. The highest BCUT2D eigenvalue weighted by Gasteiger charge is 2.32. The highest BCUT2D eigenvalue weighted by atomic mass is 14.4. The third kappa shape index (κ3) is 7.41. The van der Waals surface area contributed by atoms with Gasteiger partial charge in [-0.3, -0.25) is 0 Å². The van der Waals surface area contributed by atoms with Crippen molar-refractivity contribution in [1.82, 2.24) is 0 Å². The van der Waals surface area contributed by atoms with Crippen molar-refractivity contribution >= 4 is 140 Å². The second-order valence-corrected chi connectivity index (χ2v) is 32.5. The Morgan fingerprint density at radius 2 is 0.442 bits per heavy atom. The van der Waals surface area contributed by atoms with Crippen LogP contribution in [0.2, 0.25) is 0 Å². The van der Waals surface area contributed by atoms with Gasteiger partial charge in [0.25, 0.3) is 0 Å². The molecular weight excluding hydrogens is 1030 g/mol. The zero-order valence-electron chi connectivity index (χ0n) is 54.0. The van der Waals surface area contributed by atoms with E-state index in [1.165, 1.54) is 196 Å². The molecule has 0 amide bonds. The lowest BCUT2D eigenvalue weighted by Gasteiger charge is -2.28. The molecule has 0 fully saturated rings. The molecule has 424 valence electrons. The lowest BCUT2D eigenvalue weighted by atomic mass is 9.76. The van der Waals surface area contributed by atoms with E-state index in [9.17, 15) is 0 Å². The summed E-state index contributed by atoms with van der Waals surface area (Å²) in [4.78, 5) is 0. The molecular formula is C86H80. The van der Waals surface area contributed by atoms with Crippen LogP contribution in [0.5, 0.6) is 0 Å². The molecule has 16 aromatic carbocycles. The van der Waals surface area contributed by atoms with Gasteiger partial charge in [0.15, 0.2) is 0 Å². The van der Waals surface area contributed by atoms with Crippen LogP contribution in [0.15, 0.2) is 158 Å². The first-order chi connectivity index (χ1) is 40.4. The molecule has 0 saturated carbocycles. The van der Waals surface area contributed by atoms with Crippen molar-refractivity contribution in [2.24, 2.45) is 0 Å². The van der Waals surface area contributed by atoms with Gasteiger partial charge in [0.05, 0.1) is 0 Å². The lowest BCUT2D eigenvalue weighted by Crippen LogP contribution is -2.16. The van der Waals surface area contributed by atoms with Gasteiger partial charge in [-0.25, -0.2) is 0 Å². The Morgan fingerprint density at radius 1 is 0.174 bits per heavy atom. The Morgan fingerprint density at radius 3 is 0.779 bits per heavy atom. The Labute approximate surface area is 507 Å². The predicted molar refractivity (Wildman–Crippen MR) is 382 cm³/mol. The van der Waals surface area contributed by atoms with Crippen LogP contribution in [0.3, 0.4) is 0 Å². The molecule has 0 aliphatic rings. The molecule has 0 aromatic heterocycles. The van der Waals surface area contributed by atoms with Gasteiger partial charge >= 0.3 is 0 Å². The zero-order valence-corrected chi connectivity index (χ0v) is 54.0. The summed E-state index contributed by atoms with van der Waals surface area (Å²) >= 11 is 0.